The van der Waals surface area contributed by atoms with Gasteiger partial charge in [-0.15, -0.1) is 0 Å². The first-order valence-corrected chi connectivity index (χ1v) is 8.97. The van der Waals surface area contributed by atoms with Crippen molar-refractivity contribution in [2.45, 2.75) is 72.1 Å². The molecule has 0 amide bonds. The van der Waals surface area contributed by atoms with E-state index in [1.807, 2.05) is 13.0 Å². The molecule has 1 fully saturated rings. The van der Waals surface area contributed by atoms with Gasteiger partial charge in [0.2, 0.25) is 0 Å². The van der Waals surface area contributed by atoms with Gasteiger partial charge in [-0.3, -0.25) is 0 Å². The highest BCUT2D eigenvalue weighted by Gasteiger charge is 2.41. The van der Waals surface area contributed by atoms with Gasteiger partial charge < -0.3 is 4.74 Å². The quantitative estimate of drug-likeness (QED) is 0.487. The summed E-state index contributed by atoms with van der Waals surface area (Å²) < 4.78 is 19.2. The van der Waals surface area contributed by atoms with Crippen LogP contribution in [0.1, 0.15) is 70.8 Å². The second-order valence-corrected chi connectivity index (χ2v) is 7.20. The second kappa shape index (κ2) is 7.99. The van der Waals surface area contributed by atoms with E-state index in [0.29, 0.717) is 17.8 Å². The highest BCUT2D eigenvalue weighted by molar-refractivity contribution is 5.28. The first-order valence-electron chi connectivity index (χ1n) is 8.97. The van der Waals surface area contributed by atoms with E-state index in [-0.39, 0.29) is 5.82 Å². The second-order valence-electron chi connectivity index (χ2n) is 7.20. The van der Waals surface area contributed by atoms with Crippen molar-refractivity contribution in [3.63, 3.8) is 0 Å². The first kappa shape index (κ1) is 17.3. The van der Waals surface area contributed by atoms with Crippen LogP contribution in [0.3, 0.4) is 0 Å². The molecule has 1 aliphatic carbocycles. The first-order chi connectivity index (χ1) is 10.6. The Labute approximate surface area is 135 Å². The summed E-state index contributed by atoms with van der Waals surface area (Å²) >= 11 is 0. The summed E-state index contributed by atoms with van der Waals surface area (Å²) in [6.07, 6.45) is 10.5. The molecule has 1 aromatic carbocycles. The van der Waals surface area contributed by atoms with Crippen LogP contribution in [0.15, 0.2) is 18.2 Å². The topological polar surface area (TPSA) is 9.23 Å². The Bertz CT molecular complexity index is 455. The molecular weight excluding hydrogens is 275 g/mol. The van der Waals surface area contributed by atoms with Crippen LogP contribution in [0.4, 0.5) is 4.39 Å². The molecule has 1 aliphatic rings. The number of rotatable bonds is 9. The van der Waals surface area contributed by atoms with Crippen LogP contribution in [0.5, 0.6) is 5.75 Å². The number of benzene rings is 1. The van der Waals surface area contributed by atoms with Crippen LogP contribution < -0.4 is 4.74 Å². The zero-order valence-electron chi connectivity index (χ0n) is 14.5. The Hall–Kier alpha value is -1.05. The lowest BCUT2D eigenvalue weighted by atomic mass is 9.57. The predicted molar refractivity (Wildman–Crippen MR) is 90.8 cm³/mol. The summed E-state index contributed by atoms with van der Waals surface area (Å²) in [4.78, 5) is 0. The lowest BCUT2D eigenvalue weighted by Gasteiger charge is -2.48. The maximum Gasteiger partial charge on any atom is 0.165 e. The zero-order chi connectivity index (χ0) is 16.0. The van der Waals surface area contributed by atoms with Crippen LogP contribution in [-0.2, 0) is 0 Å². The van der Waals surface area contributed by atoms with Crippen molar-refractivity contribution >= 4 is 0 Å². The fourth-order valence-electron chi connectivity index (χ4n) is 4.24. The van der Waals surface area contributed by atoms with E-state index in [1.165, 1.54) is 51.0 Å². The molecule has 0 bridgehead atoms. The standard InChI is InChI=1S/C20H31FO/c1-4-10-20(11-5-2)14-17(15-20)7-6-12-22-19-9-8-16(3)13-18(19)21/h8-9,13,17H,4-7,10-12,14-15H2,1-3H3. The Kier molecular flexibility index (Phi) is 6.28. The Morgan fingerprint density at radius 3 is 2.45 bits per heavy atom. The van der Waals surface area contributed by atoms with Gasteiger partial charge in [0.05, 0.1) is 6.61 Å². The van der Waals surface area contributed by atoms with E-state index in [2.05, 4.69) is 13.8 Å². The van der Waals surface area contributed by atoms with Gasteiger partial charge in [0.15, 0.2) is 11.6 Å². The monoisotopic (exact) mass is 306 g/mol. The molecule has 2 rings (SSSR count). The van der Waals surface area contributed by atoms with Gasteiger partial charge in [-0.1, -0.05) is 32.8 Å². The van der Waals surface area contributed by atoms with Crippen molar-refractivity contribution in [2.24, 2.45) is 11.3 Å². The molecule has 1 saturated carbocycles. The molecule has 0 saturated heterocycles. The van der Waals surface area contributed by atoms with Gasteiger partial charge in [-0.2, -0.15) is 0 Å². The number of aryl methyl sites for hydroxylation is 1. The number of hydrogen-bond donors (Lipinski definition) is 0. The summed E-state index contributed by atoms with van der Waals surface area (Å²) in [6, 6.07) is 5.17. The van der Waals surface area contributed by atoms with Crippen molar-refractivity contribution in [3.05, 3.63) is 29.6 Å². The van der Waals surface area contributed by atoms with Gasteiger partial charge in [0, 0.05) is 0 Å². The highest BCUT2D eigenvalue weighted by atomic mass is 19.1. The van der Waals surface area contributed by atoms with E-state index in [0.717, 1.165) is 17.9 Å². The Morgan fingerprint density at radius 1 is 1.18 bits per heavy atom. The highest BCUT2D eigenvalue weighted by Crippen LogP contribution is 2.53. The normalized spacial score (nSPS) is 17.3. The fourth-order valence-corrected chi connectivity index (χ4v) is 4.24. The Balaban J connectivity index is 1.66. The smallest absolute Gasteiger partial charge is 0.165 e. The Morgan fingerprint density at radius 2 is 1.86 bits per heavy atom. The molecule has 0 spiro atoms. The summed E-state index contributed by atoms with van der Waals surface area (Å²) in [5.41, 5.74) is 1.58. The number of halogens is 1. The lowest BCUT2D eigenvalue weighted by molar-refractivity contribution is 0.0259. The predicted octanol–water partition coefficient (Wildman–Crippen LogP) is 6.29. The van der Waals surface area contributed by atoms with E-state index < -0.39 is 0 Å². The van der Waals surface area contributed by atoms with E-state index in [4.69, 9.17) is 4.74 Å². The van der Waals surface area contributed by atoms with Crippen molar-refractivity contribution in [1.82, 2.24) is 0 Å². The van der Waals surface area contributed by atoms with Gasteiger partial charge in [0.1, 0.15) is 0 Å². The van der Waals surface area contributed by atoms with Crippen LogP contribution in [-0.4, -0.2) is 6.61 Å². The summed E-state index contributed by atoms with van der Waals surface area (Å²) in [6.45, 7) is 7.12. The van der Waals surface area contributed by atoms with Gasteiger partial charge >= 0.3 is 0 Å². The molecule has 0 heterocycles. The maximum atomic E-state index is 13.7. The third kappa shape index (κ3) is 4.47. The van der Waals surface area contributed by atoms with Crippen LogP contribution >= 0.6 is 0 Å². The van der Waals surface area contributed by atoms with E-state index >= 15 is 0 Å². The molecule has 0 unspecified atom stereocenters. The fraction of sp³-hybridized carbons (Fsp3) is 0.700. The van der Waals surface area contributed by atoms with E-state index in [9.17, 15) is 4.39 Å². The zero-order valence-corrected chi connectivity index (χ0v) is 14.5. The third-order valence-corrected chi connectivity index (χ3v) is 5.11. The molecule has 22 heavy (non-hydrogen) atoms. The van der Waals surface area contributed by atoms with Gasteiger partial charge in [0.25, 0.3) is 0 Å². The van der Waals surface area contributed by atoms with Crippen molar-refractivity contribution in [3.8, 4) is 5.75 Å². The molecule has 0 atom stereocenters. The average molecular weight is 306 g/mol. The molecule has 124 valence electrons. The molecule has 2 heteroatoms. The number of ether oxygens (including phenoxy) is 1. The number of hydrogen-bond acceptors (Lipinski definition) is 1. The van der Waals surface area contributed by atoms with Crippen molar-refractivity contribution in [1.29, 1.82) is 0 Å². The van der Waals surface area contributed by atoms with Gasteiger partial charge in [-0.25, -0.2) is 4.39 Å². The molecular formula is C20H31FO. The lowest BCUT2D eigenvalue weighted by Crippen LogP contribution is -2.37. The SMILES string of the molecule is CCCC1(CCC)CC(CCCOc2ccc(C)cc2F)C1. The molecule has 0 aliphatic heterocycles. The van der Waals surface area contributed by atoms with Crippen molar-refractivity contribution in [2.75, 3.05) is 6.61 Å². The molecule has 0 aromatic heterocycles. The minimum Gasteiger partial charge on any atom is -0.491 e. The minimum absolute atomic E-state index is 0.242. The summed E-state index contributed by atoms with van der Waals surface area (Å²) in [5.74, 6) is 1.02. The largest absolute Gasteiger partial charge is 0.491 e. The average Bonchev–Trinajstić information content (AvgIpc) is 2.43. The van der Waals surface area contributed by atoms with Crippen molar-refractivity contribution < 1.29 is 9.13 Å². The van der Waals surface area contributed by atoms with E-state index in [1.54, 1.807) is 6.07 Å². The molecule has 0 N–H and O–H groups in total. The minimum atomic E-state index is -0.242. The van der Waals surface area contributed by atoms with Gasteiger partial charge in [-0.05, 0) is 74.5 Å². The van der Waals surface area contributed by atoms with Crippen LogP contribution in [0.2, 0.25) is 0 Å². The third-order valence-electron chi connectivity index (χ3n) is 5.11. The maximum absolute atomic E-state index is 13.7. The molecule has 1 nitrogen and oxygen atoms in total. The van der Waals surface area contributed by atoms with Crippen LogP contribution in [0.25, 0.3) is 0 Å². The molecule has 1 aromatic rings. The summed E-state index contributed by atoms with van der Waals surface area (Å²) in [7, 11) is 0. The summed E-state index contributed by atoms with van der Waals surface area (Å²) in [5, 5.41) is 0. The van der Waals surface area contributed by atoms with Crippen LogP contribution in [0, 0.1) is 24.1 Å². The molecule has 0 radical (unpaired) electrons.